The first-order valence-corrected chi connectivity index (χ1v) is 10.7. The number of aromatic nitrogens is 7. The van der Waals surface area contributed by atoms with E-state index in [1.54, 1.807) is 10.9 Å². The van der Waals surface area contributed by atoms with Gasteiger partial charge in [-0.25, -0.2) is 9.67 Å². The summed E-state index contributed by atoms with van der Waals surface area (Å²) in [6.45, 7) is 2.69. The molecule has 0 bridgehead atoms. The molecule has 1 atom stereocenters. The molecule has 0 aliphatic heterocycles. The molecule has 0 spiro atoms. The average Bonchev–Trinajstić information content (AvgIpc) is 3.40. The van der Waals surface area contributed by atoms with Crippen molar-refractivity contribution >= 4 is 26.8 Å². The Labute approximate surface area is 187 Å². The van der Waals surface area contributed by atoms with E-state index in [0.717, 1.165) is 38.0 Å². The number of aryl methyl sites for hydroxylation is 1. The summed E-state index contributed by atoms with van der Waals surface area (Å²) in [6.07, 6.45) is 7.55. The van der Waals surface area contributed by atoms with Crippen molar-refractivity contribution in [3.63, 3.8) is 0 Å². The molecule has 4 aromatic heterocycles. The lowest BCUT2D eigenvalue weighted by Gasteiger charge is -2.11. The number of fused-ring (bicyclic) bond motifs is 1. The van der Waals surface area contributed by atoms with Gasteiger partial charge in [-0.3, -0.25) is 14.6 Å². The Bertz CT molecular complexity index is 1350. The van der Waals surface area contributed by atoms with E-state index < -0.39 is 0 Å². The summed E-state index contributed by atoms with van der Waals surface area (Å²) in [5, 5.41) is 10.2. The molecule has 8 heteroatoms. The van der Waals surface area contributed by atoms with Crippen LogP contribution in [0, 0.1) is 0 Å². The lowest BCUT2D eigenvalue weighted by atomic mass is 10.0. The summed E-state index contributed by atoms with van der Waals surface area (Å²) in [6, 6.07) is 14.1. The average molecular weight is 474 g/mol. The van der Waals surface area contributed by atoms with Gasteiger partial charge >= 0.3 is 0 Å². The maximum atomic E-state index is 4.87. The first-order valence-electron chi connectivity index (χ1n) is 9.96. The molecule has 0 radical (unpaired) electrons. The molecule has 1 unspecified atom stereocenters. The minimum Gasteiger partial charge on any atom is -0.276 e. The van der Waals surface area contributed by atoms with Crippen molar-refractivity contribution in [2.75, 3.05) is 0 Å². The summed E-state index contributed by atoms with van der Waals surface area (Å²) in [7, 11) is 1.92. The van der Waals surface area contributed by atoms with E-state index in [2.05, 4.69) is 50.1 Å². The molecule has 0 saturated carbocycles. The van der Waals surface area contributed by atoms with Crippen LogP contribution < -0.4 is 0 Å². The second kappa shape index (κ2) is 8.03. The number of pyridine rings is 2. The zero-order valence-electron chi connectivity index (χ0n) is 17.1. The quantitative estimate of drug-likeness (QED) is 0.373. The first-order chi connectivity index (χ1) is 15.1. The fourth-order valence-electron chi connectivity index (χ4n) is 3.60. The predicted molar refractivity (Wildman–Crippen MR) is 123 cm³/mol. The van der Waals surface area contributed by atoms with Crippen LogP contribution >= 0.6 is 15.9 Å². The number of benzene rings is 1. The largest absolute Gasteiger partial charge is 0.276 e. The van der Waals surface area contributed by atoms with Crippen LogP contribution in [0.5, 0.6) is 0 Å². The highest BCUT2D eigenvalue weighted by atomic mass is 79.9. The van der Waals surface area contributed by atoms with Crippen molar-refractivity contribution in [1.82, 2.24) is 34.5 Å². The van der Waals surface area contributed by atoms with Crippen molar-refractivity contribution in [2.45, 2.75) is 19.4 Å². The molecular weight excluding hydrogens is 454 g/mol. The van der Waals surface area contributed by atoms with E-state index in [1.807, 2.05) is 60.7 Å². The Morgan fingerprint density at radius 3 is 2.68 bits per heavy atom. The fraction of sp³-hybridized carbons (Fsp3) is 0.174. The topological polar surface area (TPSA) is 74.3 Å². The summed E-state index contributed by atoms with van der Waals surface area (Å²) in [4.78, 5) is 13.9. The zero-order chi connectivity index (χ0) is 21.4. The third kappa shape index (κ3) is 3.98. The summed E-state index contributed by atoms with van der Waals surface area (Å²) >= 11 is 3.43. The number of hydrogen-bond donors (Lipinski definition) is 0. The molecule has 7 nitrogen and oxygen atoms in total. The van der Waals surface area contributed by atoms with Crippen molar-refractivity contribution in [1.29, 1.82) is 0 Å². The van der Waals surface area contributed by atoms with E-state index in [-0.39, 0.29) is 5.92 Å². The third-order valence-electron chi connectivity index (χ3n) is 5.25. The minimum absolute atomic E-state index is 0.0267. The van der Waals surface area contributed by atoms with Crippen LogP contribution in [0.2, 0.25) is 0 Å². The molecule has 0 fully saturated rings. The van der Waals surface area contributed by atoms with Crippen molar-refractivity contribution < 1.29 is 0 Å². The highest BCUT2D eigenvalue weighted by Gasteiger charge is 2.21. The molecule has 0 aliphatic carbocycles. The maximum absolute atomic E-state index is 4.87. The van der Waals surface area contributed by atoms with Gasteiger partial charge in [-0.1, -0.05) is 25.1 Å². The number of nitrogens with zero attached hydrogens (tertiary/aromatic N) is 7. The van der Waals surface area contributed by atoms with Gasteiger partial charge in [0.25, 0.3) is 0 Å². The number of rotatable bonds is 5. The van der Waals surface area contributed by atoms with Gasteiger partial charge in [-0.05, 0) is 45.8 Å². The Balaban J connectivity index is 1.56. The highest BCUT2D eigenvalue weighted by molar-refractivity contribution is 9.10. The summed E-state index contributed by atoms with van der Waals surface area (Å²) < 4.78 is 4.67. The van der Waals surface area contributed by atoms with E-state index >= 15 is 0 Å². The van der Waals surface area contributed by atoms with Crippen LogP contribution in [0.1, 0.15) is 29.8 Å². The molecule has 31 heavy (non-hydrogen) atoms. The van der Waals surface area contributed by atoms with E-state index in [1.165, 1.54) is 0 Å². The van der Waals surface area contributed by atoms with Crippen LogP contribution in [0.15, 0.2) is 71.7 Å². The first kappa shape index (κ1) is 19.6. The van der Waals surface area contributed by atoms with Crippen LogP contribution in [0.4, 0.5) is 0 Å². The second-order valence-corrected chi connectivity index (χ2v) is 8.43. The van der Waals surface area contributed by atoms with Crippen LogP contribution in [0.3, 0.4) is 0 Å². The normalized spacial score (nSPS) is 12.4. The lowest BCUT2D eigenvalue weighted by molar-refractivity contribution is 0.618. The third-order valence-corrected chi connectivity index (χ3v) is 5.72. The Morgan fingerprint density at radius 1 is 1.03 bits per heavy atom. The molecule has 5 aromatic rings. The standard InChI is InChI=1S/C23H20BrN7/c1-15(18-11-27-30(2)14-18)23-28-22(21-8-7-19(24)12-26-21)29-31(23)13-16-9-17-5-3-4-6-20(17)25-10-16/h3-12,14-15H,13H2,1-2H3. The van der Waals surface area contributed by atoms with E-state index in [0.29, 0.717) is 12.4 Å². The van der Waals surface area contributed by atoms with Gasteiger partial charge in [-0.15, -0.1) is 5.10 Å². The molecular formula is C23H20BrN7. The minimum atomic E-state index is 0.0267. The van der Waals surface area contributed by atoms with Gasteiger partial charge < -0.3 is 0 Å². The molecule has 5 rings (SSSR count). The monoisotopic (exact) mass is 473 g/mol. The zero-order valence-corrected chi connectivity index (χ0v) is 18.7. The van der Waals surface area contributed by atoms with Crippen molar-refractivity contribution in [2.24, 2.45) is 7.05 Å². The Hall–Kier alpha value is -3.39. The maximum Gasteiger partial charge on any atom is 0.200 e. The van der Waals surface area contributed by atoms with E-state index in [4.69, 9.17) is 10.1 Å². The van der Waals surface area contributed by atoms with Gasteiger partial charge in [0, 0.05) is 47.0 Å². The number of hydrogen-bond acceptors (Lipinski definition) is 5. The van der Waals surface area contributed by atoms with Crippen LogP contribution in [0.25, 0.3) is 22.4 Å². The second-order valence-electron chi connectivity index (χ2n) is 7.52. The predicted octanol–water partition coefficient (Wildman–Crippen LogP) is 4.58. The molecule has 0 aliphatic rings. The van der Waals surface area contributed by atoms with Gasteiger partial charge in [0.2, 0.25) is 0 Å². The van der Waals surface area contributed by atoms with E-state index in [9.17, 15) is 0 Å². The van der Waals surface area contributed by atoms with Gasteiger partial charge in [0.1, 0.15) is 11.5 Å². The van der Waals surface area contributed by atoms with Gasteiger partial charge in [0.15, 0.2) is 5.82 Å². The van der Waals surface area contributed by atoms with Crippen LogP contribution in [-0.4, -0.2) is 34.5 Å². The molecule has 4 heterocycles. The molecule has 1 aromatic carbocycles. The summed E-state index contributed by atoms with van der Waals surface area (Å²) in [5.74, 6) is 1.49. The van der Waals surface area contributed by atoms with Gasteiger partial charge in [-0.2, -0.15) is 5.10 Å². The SMILES string of the molecule is CC(c1cnn(C)c1)c1nc(-c2ccc(Br)cn2)nn1Cc1cnc2ccccc2c1. The Morgan fingerprint density at radius 2 is 1.90 bits per heavy atom. The number of para-hydroxylation sites is 1. The molecule has 0 N–H and O–H groups in total. The fourth-order valence-corrected chi connectivity index (χ4v) is 3.83. The van der Waals surface area contributed by atoms with Crippen LogP contribution in [-0.2, 0) is 13.6 Å². The van der Waals surface area contributed by atoms with Crippen molar-refractivity contribution in [3.8, 4) is 11.5 Å². The number of halogens is 1. The molecule has 0 amide bonds. The smallest absolute Gasteiger partial charge is 0.200 e. The molecule has 154 valence electrons. The highest BCUT2D eigenvalue weighted by Crippen LogP contribution is 2.26. The summed E-state index contributed by atoms with van der Waals surface area (Å²) in [5.41, 5.74) is 3.87. The van der Waals surface area contributed by atoms with Gasteiger partial charge in [0.05, 0.1) is 18.3 Å². The van der Waals surface area contributed by atoms with Crippen molar-refractivity contribution in [3.05, 3.63) is 88.7 Å². The Kier molecular flexibility index (Phi) is 5.07. The molecule has 0 saturated heterocycles. The lowest BCUT2D eigenvalue weighted by Crippen LogP contribution is -2.10.